The Morgan fingerprint density at radius 2 is 2.03 bits per heavy atom. The Hall–Kier alpha value is -2.53. The van der Waals surface area contributed by atoms with Crippen LogP contribution in [0.2, 0.25) is 0 Å². The molecule has 5 heteroatoms. The lowest BCUT2D eigenvalue weighted by atomic mass is 9.84. The molecule has 3 N–H and O–H groups in total. The van der Waals surface area contributed by atoms with Gasteiger partial charge in [0.2, 0.25) is 0 Å². The lowest BCUT2D eigenvalue weighted by molar-refractivity contribution is -0.151. The fraction of sp³-hybridized carbons (Fsp3) is 0.458. The number of fused-ring (bicyclic) bond motifs is 1. The van der Waals surface area contributed by atoms with Gasteiger partial charge in [0.1, 0.15) is 5.75 Å². The van der Waals surface area contributed by atoms with Crippen molar-refractivity contribution in [3.8, 4) is 16.9 Å². The molecule has 2 saturated carbocycles. The van der Waals surface area contributed by atoms with E-state index >= 15 is 0 Å². The van der Waals surface area contributed by atoms with E-state index in [-0.39, 0.29) is 6.10 Å². The molecule has 2 aliphatic carbocycles. The van der Waals surface area contributed by atoms with E-state index in [0.29, 0.717) is 11.6 Å². The van der Waals surface area contributed by atoms with Gasteiger partial charge >= 0.3 is 5.97 Å². The monoisotopic (exact) mass is 393 g/mol. The number of hydrogen-bond acceptors (Lipinski definition) is 4. The predicted molar refractivity (Wildman–Crippen MR) is 111 cm³/mol. The van der Waals surface area contributed by atoms with Crippen LogP contribution in [0.4, 0.5) is 5.69 Å². The fourth-order valence-corrected chi connectivity index (χ4v) is 4.37. The highest BCUT2D eigenvalue weighted by Gasteiger charge is 2.37. The topological polar surface area (TPSA) is 81.8 Å². The molecule has 5 rings (SSSR count). The molecule has 0 spiro atoms. The van der Waals surface area contributed by atoms with Gasteiger partial charge in [-0.15, -0.1) is 0 Å². The van der Waals surface area contributed by atoms with Crippen LogP contribution in [0.5, 0.6) is 5.75 Å². The highest BCUT2D eigenvalue weighted by molar-refractivity contribution is 5.85. The molecule has 3 aliphatic rings. The van der Waals surface area contributed by atoms with Crippen LogP contribution < -0.4 is 10.5 Å². The van der Waals surface area contributed by atoms with Crippen LogP contribution in [-0.2, 0) is 16.0 Å². The quantitative estimate of drug-likeness (QED) is 0.692. The van der Waals surface area contributed by atoms with Crippen LogP contribution >= 0.6 is 0 Å². The van der Waals surface area contributed by atoms with E-state index in [9.17, 15) is 9.90 Å². The Balaban J connectivity index is 1.72. The lowest BCUT2D eigenvalue weighted by Gasteiger charge is -2.25. The average molecular weight is 393 g/mol. The molecule has 0 amide bonds. The maximum Gasteiger partial charge on any atom is 0.337 e. The molecule has 2 aromatic rings. The highest BCUT2D eigenvalue weighted by atomic mass is 16.5. The molecule has 2 aromatic carbocycles. The second-order valence-electron chi connectivity index (χ2n) is 8.57. The van der Waals surface area contributed by atoms with Gasteiger partial charge in [0, 0.05) is 11.3 Å². The SMILES string of the molecule is Cc1c(N)cc(C2CC2)c(-c2ccc3c(c2)CCCO3)c1C(OC1CC1)C(=O)O. The maximum absolute atomic E-state index is 12.3. The zero-order chi connectivity index (χ0) is 20.1. The van der Waals surface area contributed by atoms with Crippen molar-refractivity contribution in [1.29, 1.82) is 0 Å². The Morgan fingerprint density at radius 1 is 1.24 bits per heavy atom. The summed E-state index contributed by atoms with van der Waals surface area (Å²) in [6.45, 7) is 2.67. The van der Waals surface area contributed by atoms with Gasteiger partial charge in [-0.05, 0) is 97.4 Å². The Bertz CT molecular complexity index is 975. The van der Waals surface area contributed by atoms with Crippen LogP contribution in [0.15, 0.2) is 24.3 Å². The summed E-state index contributed by atoms with van der Waals surface area (Å²) in [6, 6.07) is 8.30. The standard InChI is InChI=1S/C24H27NO4/c1-13-19(25)12-18(14-4-5-14)22(21(13)23(24(26)27)29-17-7-8-17)16-6-9-20-15(11-16)3-2-10-28-20/h6,9,11-12,14,17,23H,2-5,7-8,10,25H2,1H3,(H,26,27). The van der Waals surface area contributed by atoms with Gasteiger partial charge in [-0.3, -0.25) is 0 Å². The van der Waals surface area contributed by atoms with Crippen molar-refractivity contribution in [1.82, 2.24) is 0 Å². The summed E-state index contributed by atoms with van der Waals surface area (Å²) in [4.78, 5) is 12.3. The molecule has 0 bridgehead atoms. The summed E-state index contributed by atoms with van der Waals surface area (Å²) >= 11 is 0. The Kier molecular flexibility index (Phi) is 4.50. The first-order valence-electron chi connectivity index (χ1n) is 10.6. The van der Waals surface area contributed by atoms with E-state index in [1.165, 1.54) is 5.56 Å². The van der Waals surface area contributed by atoms with Gasteiger partial charge in [0.25, 0.3) is 0 Å². The summed E-state index contributed by atoms with van der Waals surface area (Å²) in [7, 11) is 0. The number of aliphatic carboxylic acids is 1. The molecular weight excluding hydrogens is 366 g/mol. The minimum absolute atomic E-state index is 0.0334. The molecule has 0 radical (unpaired) electrons. The number of rotatable bonds is 6. The van der Waals surface area contributed by atoms with Crippen molar-refractivity contribution < 1.29 is 19.4 Å². The molecule has 0 saturated heterocycles. The van der Waals surface area contributed by atoms with Gasteiger partial charge < -0.3 is 20.3 Å². The van der Waals surface area contributed by atoms with Gasteiger partial charge in [0.05, 0.1) is 12.7 Å². The van der Waals surface area contributed by atoms with Gasteiger partial charge in [0.15, 0.2) is 6.10 Å². The number of aryl methyl sites for hydroxylation is 1. The number of carboxylic acids is 1. The normalized spacial score (nSPS) is 19.3. The third-order valence-electron chi connectivity index (χ3n) is 6.26. The number of carbonyl (C=O) groups is 1. The van der Waals surface area contributed by atoms with Crippen LogP contribution in [-0.4, -0.2) is 23.8 Å². The third-order valence-corrected chi connectivity index (χ3v) is 6.26. The molecule has 5 nitrogen and oxygen atoms in total. The summed E-state index contributed by atoms with van der Waals surface area (Å²) in [5.74, 6) is 0.426. The van der Waals surface area contributed by atoms with Gasteiger partial charge in [-0.1, -0.05) is 6.07 Å². The summed E-state index contributed by atoms with van der Waals surface area (Å²) < 4.78 is 11.8. The third kappa shape index (κ3) is 3.48. The molecule has 1 aliphatic heterocycles. The molecule has 152 valence electrons. The highest BCUT2D eigenvalue weighted by Crippen LogP contribution is 2.50. The van der Waals surface area contributed by atoms with E-state index in [4.69, 9.17) is 15.2 Å². The largest absolute Gasteiger partial charge is 0.493 e. The molecule has 1 heterocycles. The van der Waals surface area contributed by atoms with E-state index in [2.05, 4.69) is 18.2 Å². The maximum atomic E-state index is 12.3. The minimum atomic E-state index is -0.995. The van der Waals surface area contributed by atoms with Crippen molar-refractivity contribution in [2.75, 3.05) is 12.3 Å². The number of ether oxygens (including phenoxy) is 2. The second-order valence-corrected chi connectivity index (χ2v) is 8.57. The fourth-order valence-electron chi connectivity index (χ4n) is 4.37. The van der Waals surface area contributed by atoms with E-state index in [1.54, 1.807) is 0 Å². The van der Waals surface area contributed by atoms with Gasteiger partial charge in [-0.2, -0.15) is 0 Å². The van der Waals surface area contributed by atoms with Crippen LogP contribution in [0, 0.1) is 6.92 Å². The first-order valence-corrected chi connectivity index (χ1v) is 10.6. The molecule has 0 aromatic heterocycles. The van der Waals surface area contributed by atoms with Crippen molar-refractivity contribution in [2.24, 2.45) is 0 Å². The van der Waals surface area contributed by atoms with Crippen molar-refractivity contribution in [3.63, 3.8) is 0 Å². The van der Waals surface area contributed by atoms with Crippen molar-refractivity contribution >= 4 is 11.7 Å². The molecule has 29 heavy (non-hydrogen) atoms. The molecule has 1 atom stereocenters. The minimum Gasteiger partial charge on any atom is -0.493 e. The van der Waals surface area contributed by atoms with E-state index in [0.717, 1.165) is 78.7 Å². The van der Waals surface area contributed by atoms with Crippen molar-refractivity contribution in [2.45, 2.75) is 63.6 Å². The van der Waals surface area contributed by atoms with Crippen LogP contribution in [0.3, 0.4) is 0 Å². The number of benzene rings is 2. The number of nitrogen functional groups attached to an aromatic ring is 1. The number of nitrogens with two attached hydrogens (primary N) is 1. The average Bonchev–Trinajstić information content (AvgIpc) is 3.62. The number of hydrogen-bond donors (Lipinski definition) is 2. The first-order chi connectivity index (χ1) is 14.0. The lowest BCUT2D eigenvalue weighted by Crippen LogP contribution is -2.20. The smallest absolute Gasteiger partial charge is 0.337 e. The van der Waals surface area contributed by atoms with Crippen molar-refractivity contribution in [3.05, 3.63) is 46.5 Å². The van der Waals surface area contributed by atoms with Crippen LogP contribution in [0.25, 0.3) is 11.1 Å². The molecule has 1 unspecified atom stereocenters. The Morgan fingerprint density at radius 3 is 2.72 bits per heavy atom. The van der Waals surface area contributed by atoms with Gasteiger partial charge in [-0.25, -0.2) is 4.79 Å². The Labute approximate surface area is 170 Å². The van der Waals surface area contributed by atoms with E-state index < -0.39 is 12.1 Å². The predicted octanol–water partition coefficient (Wildman–Crippen LogP) is 4.75. The summed E-state index contributed by atoms with van der Waals surface area (Å²) in [6.07, 6.45) is 5.10. The van der Waals surface area contributed by atoms with E-state index in [1.807, 2.05) is 13.0 Å². The number of anilines is 1. The molecule has 2 fully saturated rings. The summed E-state index contributed by atoms with van der Waals surface area (Å²) in [5.41, 5.74) is 12.9. The number of carboxylic acid groups (broad SMARTS) is 1. The summed E-state index contributed by atoms with van der Waals surface area (Å²) in [5, 5.41) is 10.0. The van der Waals surface area contributed by atoms with Crippen LogP contribution in [0.1, 0.15) is 66.4 Å². The zero-order valence-electron chi connectivity index (χ0n) is 16.7. The molecular formula is C24H27NO4. The zero-order valence-corrected chi connectivity index (χ0v) is 16.7. The first kappa shape index (κ1) is 18.5. The second kappa shape index (κ2) is 7.06.